The first kappa shape index (κ1) is 10.3. The van der Waals surface area contributed by atoms with E-state index in [-0.39, 0.29) is 13.4 Å². The lowest BCUT2D eigenvalue weighted by molar-refractivity contribution is 0.174. The molecule has 0 radical (unpaired) electrons. The molecule has 15 heavy (non-hydrogen) atoms. The first-order chi connectivity index (χ1) is 7.11. The minimum absolute atomic E-state index is 0.0402. The topological polar surface area (TPSA) is 64.7 Å². The number of aliphatic hydroxyl groups is 1. The molecule has 1 unspecified atom stereocenters. The van der Waals surface area contributed by atoms with Gasteiger partial charge in [-0.3, -0.25) is 0 Å². The quantitative estimate of drug-likeness (QED) is 0.767. The van der Waals surface area contributed by atoms with Gasteiger partial charge in [-0.15, -0.1) is 0 Å². The third-order valence-electron chi connectivity index (χ3n) is 2.41. The van der Waals surface area contributed by atoms with Crippen LogP contribution in [0.1, 0.15) is 12.5 Å². The van der Waals surface area contributed by atoms with Crippen molar-refractivity contribution >= 4 is 0 Å². The van der Waals surface area contributed by atoms with Gasteiger partial charge in [0, 0.05) is 5.54 Å². The van der Waals surface area contributed by atoms with Gasteiger partial charge >= 0.3 is 0 Å². The van der Waals surface area contributed by atoms with Crippen LogP contribution >= 0.6 is 0 Å². The van der Waals surface area contributed by atoms with Gasteiger partial charge in [0.1, 0.15) is 0 Å². The van der Waals surface area contributed by atoms with E-state index >= 15 is 0 Å². The lowest BCUT2D eigenvalue weighted by Crippen LogP contribution is -2.42. The van der Waals surface area contributed by atoms with Crippen LogP contribution in [-0.2, 0) is 6.42 Å². The molecule has 82 valence electrons. The van der Waals surface area contributed by atoms with Crippen LogP contribution in [0.15, 0.2) is 18.2 Å². The van der Waals surface area contributed by atoms with Crippen LogP contribution in [0.25, 0.3) is 0 Å². The maximum absolute atomic E-state index is 9.07. The number of ether oxygens (including phenoxy) is 2. The second-order valence-corrected chi connectivity index (χ2v) is 4.18. The van der Waals surface area contributed by atoms with Gasteiger partial charge in [-0.1, -0.05) is 6.07 Å². The Morgan fingerprint density at radius 2 is 2.13 bits per heavy atom. The molecule has 1 aromatic carbocycles. The maximum Gasteiger partial charge on any atom is 0.231 e. The zero-order valence-electron chi connectivity index (χ0n) is 8.69. The van der Waals surface area contributed by atoms with Crippen LogP contribution < -0.4 is 15.2 Å². The summed E-state index contributed by atoms with van der Waals surface area (Å²) < 4.78 is 10.5. The molecule has 1 aromatic rings. The Balaban J connectivity index is 2.17. The minimum atomic E-state index is -0.590. The predicted molar refractivity (Wildman–Crippen MR) is 55.9 cm³/mol. The number of benzene rings is 1. The standard InChI is InChI=1S/C11H15NO3/c1-11(12,6-13)5-8-2-3-9-10(4-8)15-7-14-9/h2-4,13H,5-7,12H2,1H3. The number of fused-ring (bicyclic) bond motifs is 1. The van der Waals surface area contributed by atoms with Gasteiger partial charge in [-0.05, 0) is 31.0 Å². The number of hydrogen-bond donors (Lipinski definition) is 2. The molecule has 0 saturated carbocycles. The third-order valence-corrected chi connectivity index (χ3v) is 2.41. The van der Waals surface area contributed by atoms with E-state index in [1.807, 2.05) is 25.1 Å². The van der Waals surface area contributed by atoms with Gasteiger partial charge in [0.2, 0.25) is 6.79 Å². The molecule has 0 aromatic heterocycles. The third kappa shape index (κ3) is 2.22. The minimum Gasteiger partial charge on any atom is -0.454 e. The molecule has 2 rings (SSSR count). The molecule has 1 aliphatic heterocycles. The van der Waals surface area contributed by atoms with E-state index in [1.165, 1.54) is 0 Å². The highest BCUT2D eigenvalue weighted by molar-refractivity contribution is 5.44. The van der Waals surface area contributed by atoms with E-state index in [4.69, 9.17) is 20.3 Å². The highest BCUT2D eigenvalue weighted by Crippen LogP contribution is 2.33. The van der Waals surface area contributed by atoms with Crippen LogP contribution in [0, 0.1) is 0 Å². The molecular formula is C11H15NO3. The highest BCUT2D eigenvalue weighted by atomic mass is 16.7. The molecule has 0 bridgehead atoms. The van der Waals surface area contributed by atoms with Crippen LogP contribution in [0.4, 0.5) is 0 Å². The van der Waals surface area contributed by atoms with Crippen molar-refractivity contribution in [3.63, 3.8) is 0 Å². The molecule has 1 heterocycles. The Kier molecular flexibility index (Phi) is 2.54. The van der Waals surface area contributed by atoms with Crippen LogP contribution in [0.5, 0.6) is 11.5 Å². The Bertz CT molecular complexity index is 363. The molecule has 3 N–H and O–H groups in total. The average Bonchev–Trinajstić information content (AvgIpc) is 2.64. The lowest BCUT2D eigenvalue weighted by Gasteiger charge is -2.21. The summed E-state index contributed by atoms with van der Waals surface area (Å²) in [5, 5.41) is 9.07. The second kappa shape index (κ2) is 3.72. The highest BCUT2D eigenvalue weighted by Gasteiger charge is 2.20. The number of hydrogen-bond acceptors (Lipinski definition) is 4. The molecule has 0 fully saturated rings. The fourth-order valence-electron chi connectivity index (χ4n) is 1.57. The zero-order chi connectivity index (χ0) is 10.9. The molecule has 0 aliphatic carbocycles. The van der Waals surface area contributed by atoms with Crippen molar-refractivity contribution in [1.29, 1.82) is 0 Å². The Labute approximate surface area is 88.6 Å². The average molecular weight is 209 g/mol. The molecule has 0 spiro atoms. The van der Waals surface area contributed by atoms with Crippen LogP contribution in [-0.4, -0.2) is 24.0 Å². The molecule has 4 nitrogen and oxygen atoms in total. The van der Waals surface area contributed by atoms with Crippen molar-refractivity contribution in [2.24, 2.45) is 5.73 Å². The van der Waals surface area contributed by atoms with Gasteiger partial charge in [-0.25, -0.2) is 0 Å². The van der Waals surface area contributed by atoms with Crippen molar-refractivity contribution < 1.29 is 14.6 Å². The fraction of sp³-hybridized carbons (Fsp3) is 0.455. The van der Waals surface area contributed by atoms with Gasteiger partial charge in [-0.2, -0.15) is 0 Å². The summed E-state index contributed by atoms with van der Waals surface area (Å²) >= 11 is 0. The smallest absolute Gasteiger partial charge is 0.231 e. The van der Waals surface area contributed by atoms with Crippen molar-refractivity contribution in [3.05, 3.63) is 23.8 Å². The second-order valence-electron chi connectivity index (χ2n) is 4.18. The van der Waals surface area contributed by atoms with Gasteiger partial charge < -0.3 is 20.3 Å². The predicted octanol–water partition coefficient (Wildman–Crippen LogP) is 0.667. The first-order valence-electron chi connectivity index (χ1n) is 4.89. The Morgan fingerprint density at radius 1 is 1.40 bits per heavy atom. The van der Waals surface area contributed by atoms with Gasteiger partial charge in [0.25, 0.3) is 0 Å². The molecule has 1 atom stereocenters. The van der Waals surface area contributed by atoms with E-state index in [0.29, 0.717) is 6.42 Å². The molecule has 4 heteroatoms. The van der Waals surface area contributed by atoms with Crippen molar-refractivity contribution in [3.8, 4) is 11.5 Å². The summed E-state index contributed by atoms with van der Waals surface area (Å²) in [7, 11) is 0. The molecule has 1 aliphatic rings. The summed E-state index contributed by atoms with van der Waals surface area (Å²) in [5.41, 5.74) is 6.32. The van der Waals surface area contributed by atoms with Gasteiger partial charge in [0.05, 0.1) is 6.61 Å². The fourth-order valence-corrected chi connectivity index (χ4v) is 1.57. The zero-order valence-corrected chi connectivity index (χ0v) is 8.69. The van der Waals surface area contributed by atoms with E-state index in [2.05, 4.69) is 0 Å². The number of nitrogens with two attached hydrogens (primary N) is 1. The van der Waals surface area contributed by atoms with Crippen LogP contribution in [0.3, 0.4) is 0 Å². The van der Waals surface area contributed by atoms with E-state index in [1.54, 1.807) is 0 Å². The lowest BCUT2D eigenvalue weighted by atomic mass is 9.95. The monoisotopic (exact) mass is 209 g/mol. The Hall–Kier alpha value is -1.26. The summed E-state index contributed by atoms with van der Waals surface area (Å²) in [6, 6.07) is 5.71. The van der Waals surface area contributed by atoms with E-state index in [9.17, 15) is 0 Å². The van der Waals surface area contributed by atoms with Crippen molar-refractivity contribution in [1.82, 2.24) is 0 Å². The summed E-state index contributed by atoms with van der Waals surface area (Å²) in [6.07, 6.45) is 0.611. The SMILES string of the molecule is CC(N)(CO)Cc1ccc2c(c1)OCO2. The molecular weight excluding hydrogens is 194 g/mol. The van der Waals surface area contributed by atoms with Gasteiger partial charge in [0.15, 0.2) is 11.5 Å². The van der Waals surface area contributed by atoms with Crippen molar-refractivity contribution in [2.45, 2.75) is 18.9 Å². The Morgan fingerprint density at radius 3 is 2.87 bits per heavy atom. The van der Waals surface area contributed by atoms with E-state index in [0.717, 1.165) is 17.1 Å². The largest absolute Gasteiger partial charge is 0.454 e. The number of aliphatic hydroxyl groups excluding tert-OH is 1. The number of rotatable bonds is 3. The summed E-state index contributed by atoms with van der Waals surface area (Å²) in [6.45, 7) is 2.05. The van der Waals surface area contributed by atoms with Crippen LogP contribution in [0.2, 0.25) is 0 Å². The summed E-state index contributed by atoms with van der Waals surface area (Å²) in [4.78, 5) is 0. The molecule has 0 amide bonds. The first-order valence-corrected chi connectivity index (χ1v) is 4.89. The van der Waals surface area contributed by atoms with E-state index < -0.39 is 5.54 Å². The maximum atomic E-state index is 9.07. The normalized spacial score (nSPS) is 17.5. The van der Waals surface area contributed by atoms with Crippen molar-refractivity contribution in [2.75, 3.05) is 13.4 Å². The summed E-state index contributed by atoms with van der Waals surface area (Å²) in [5.74, 6) is 1.52. The molecule has 0 saturated heterocycles.